The maximum atomic E-state index is 4.42. The van der Waals surface area contributed by atoms with Gasteiger partial charge in [-0.1, -0.05) is 0 Å². The predicted octanol–water partition coefficient (Wildman–Crippen LogP) is 1.94. The van der Waals surface area contributed by atoms with E-state index in [0.717, 1.165) is 37.9 Å². The average Bonchev–Trinajstić information content (AvgIpc) is 3.28. The van der Waals surface area contributed by atoms with Crippen LogP contribution in [0.1, 0.15) is 6.42 Å². The van der Waals surface area contributed by atoms with E-state index in [0.29, 0.717) is 6.04 Å². The maximum absolute atomic E-state index is 4.42. The van der Waals surface area contributed by atoms with Gasteiger partial charge in [0.05, 0.1) is 6.20 Å². The van der Waals surface area contributed by atoms with Crippen molar-refractivity contribution < 1.29 is 0 Å². The lowest BCUT2D eigenvalue weighted by atomic mass is 10.0. The van der Waals surface area contributed by atoms with Gasteiger partial charge < -0.3 is 19.6 Å². The van der Waals surface area contributed by atoms with Crippen LogP contribution in [0.15, 0.2) is 42.9 Å². The third-order valence-electron chi connectivity index (χ3n) is 6.43. The van der Waals surface area contributed by atoms with Crippen molar-refractivity contribution in [2.45, 2.75) is 12.5 Å². The van der Waals surface area contributed by atoms with E-state index in [1.54, 1.807) is 12.4 Å². The monoisotopic (exact) mass is 364 g/mol. The third-order valence-corrected chi connectivity index (χ3v) is 6.43. The van der Waals surface area contributed by atoms with Crippen molar-refractivity contribution in [3.05, 3.63) is 42.9 Å². The minimum atomic E-state index is 0.705. The molecule has 6 nitrogen and oxygen atoms in total. The number of likely N-dealkylation sites (tertiary alicyclic amines) is 1. The van der Waals surface area contributed by atoms with Crippen LogP contribution in [0.2, 0.25) is 0 Å². The molecule has 1 aromatic heterocycles. The molecular weight excluding hydrogens is 336 g/mol. The summed E-state index contributed by atoms with van der Waals surface area (Å²) in [6.07, 6.45) is 6.69. The van der Waals surface area contributed by atoms with Crippen LogP contribution >= 0.6 is 0 Å². The summed E-state index contributed by atoms with van der Waals surface area (Å²) in [6.45, 7) is 7.70. The van der Waals surface area contributed by atoms with Crippen LogP contribution in [0.3, 0.4) is 0 Å². The van der Waals surface area contributed by atoms with E-state index in [-0.39, 0.29) is 0 Å². The lowest BCUT2D eigenvalue weighted by molar-refractivity contribution is 0.386. The average molecular weight is 364 g/mol. The molecule has 0 spiro atoms. The van der Waals surface area contributed by atoms with E-state index < -0.39 is 0 Å². The molecule has 3 aliphatic rings. The molecule has 27 heavy (non-hydrogen) atoms. The number of hydrogen-bond donors (Lipinski definition) is 0. The van der Waals surface area contributed by atoms with Crippen molar-refractivity contribution in [2.24, 2.45) is 5.92 Å². The number of nitrogens with zero attached hydrogens (tertiary/aromatic N) is 6. The van der Waals surface area contributed by atoms with Crippen LogP contribution in [0.25, 0.3) is 0 Å². The second kappa shape index (κ2) is 7.00. The minimum absolute atomic E-state index is 0.705. The summed E-state index contributed by atoms with van der Waals surface area (Å²) in [5, 5.41) is 0. The Morgan fingerprint density at radius 2 is 1.59 bits per heavy atom. The second-order valence-corrected chi connectivity index (χ2v) is 8.08. The third kappa shape index (κ3) is 3.23. The Morgan fingerprint density at radius 1 is 0.852 bits per heavy atom. The first-order chi connectivity index (χ1) is 13.3. The van der Waals surface area contributed by atoms with E-state index in [1.807, 2.05) is 6.20 Å². The Morgan fingerprint density at radius 3 is 2.33 bits per heavy atom. The highest BCUT2D eigenvalue weighted by atomic mass is 15.3. The van der Waals surface area contributed by atoms with E-state index in [2.05, 4.69) is 60.9 Å². The van der Waals surface area contributed by atoms with Gasteiger partial charge in [-0.05, 0) is 43.7 Å². The largest absolute Gasteiger partial charge is 0.368 e. The van der Waals surface area contributed by atoms with Gasteiger partial charge in [0.15, 0.2) is 0 Å². The molecule has 5 rings (SSSR count). The summed E-state index contributed by atoms with van der Waals surface area (Å²) in [7, 11) is 2.25. The molecule has 2 atom stereocenters. The molecule has 2 unspecified atom stereocenters. The fourth-order valence-corrected chi connectivity index (χ4v) is 5.00. The van der Waals surface area contributed by atoms with Crippen LogP contribution < -0.4 is 14.7 Å². The Balaban J connectivity index is 1.23. The van der Waals surface area contributed by atoms with Crippen LogP contribution in [0.5, 0.6) is 0 Å². The molecule has 3 fully saturated rings. The van der Waals surface area contributed by atoms with Crippen LogP contribution in [-0.4, -0.2) is 73.8 Å². The van der Waals surface area contributed by atoms with Crippen molar-refractivity contribution in [1.29, 1.82) is 0 Å². The topological polar surface area (TPSA) is 38.7 Å². The number of rotatable bonds is 3. The lowest BCUT2D eigenvalue weighted by Crippen LogP contribution is -2.46. The van der Waals surface area contributed by atoms with Crippen molar-refractivity contribution >= 4 is 17.2 Å². The van der Waals surface area contributed by atoms with Gasteiger partial charge in [-0.3, -0.25) is 4.98 Å². The Kier molecular flexibility index (Phi) is 4.36. The first-order valence-electron chi connectivity index (χ1n) is 10.1. The Labute approximate surface area is 161 Å². The lowest BCUT2D eigenvalue weighted by Gasteiger charge is -2.36. The molecule has 0 aliphatic carbocycles. The number of hydrogen-bond acceptors (Lipinski definition) is 6. The zero-order chi connectivity index (χ0) is 18.2. The summed E-state index contributed by atoms with van der Waals surface area (Å²) in [5.41, 5.74) is 2.72. The summed E-state index contributed by atoms with van der Waals surface area (Å²) < 4.78 is 0. The highest BCUT2D eigenvalue weighted by molar-refractivity contribution is 5.58. The molecule has 2 aromatic rings. The number of piperazine rings is 1. The van der Waals surface area contributed by atoms with Crippen LogP contribution in [-0.2, 0) is 0 Å². The highest BCUT2D eigenvalue weighted by Crippen LogP contribution is 2.35. The molecule has 3 aliphatic heterocycles. The predicted molar refractivity (Wildman–Crippen MR) is 110 cm³/mol. The Bertz CT molecular complexity index is 756. The van der Waals surface area contributed by atoms with E-state index in [9.17, 15) is 0 Å². The molecule has 0 saturated carbocycles. The van der Waals surface area contributed by atoms with Crippen molar-refractivity contribution in [1.82, 2.24) is 14.9 Å². The molecule has 3 saturated heterocycles. The van der Waals surface area contributed by atoms with Gasteiger partial charge in [0.1, 0.15) is 5.82 Å². The number of likely N-dealkylation sites (N-methyl/N-ethyl adjacent to an activating group) is 1. The zero-order valence-electron chi connectivity index (χ0n) is 16.0. The zero-order valence-corrected chi connectivity index (χ0v) is 16.0. The number of anilines is 3. The van der Waals surface area contributed by atoms with Gasteiger partial charge in [-0.25, -0.2) is 4.98 Å². The molecule has 0 amide bonds. The SMILES string of the molecule is CN1CC2CCN(c3ccc(N4CCN(c5cnccn5)CC4)cc3)C2C1. The number of aromatic nitrogens is 2. The molecule has 6 heteroatoms. The molecular formula is C21H28N6. The smallest absolute Gasteiger partial charge is 0.147 e. The van der Waals surface area contributed by atoms with E-state index in [1.165, 1.54) is 37.4 Å². The minimum Gasteiger partial charge on any atom is -0.368 e. The summed E-state index contributed by atoms with van der Waals surface area (Å²) in [4.78, 5) is 18.5. The van der Waals surface area contributed by atoms with Gasteiger partial charge >= 0.3 is 0 Å². The molecule has 142 valence electrons. The first-order valence-corrected chi connectivity index (χ1v) is 10.1. The molecule has 0 bridgehead atoms. The van der Waals surface area contributed by atoms with Gasteiger partial charge in [0.25, 0.3) is 0 Å². The van der Waals surface area contributed by atoms with Crippen LogP contribution in [0.4, 0.5) is 17.2 Å². The summed E-state index contributed by atoms with van der Waals surface area (Å²) in [5.74, 6) is 1.83. The quantitative estimate of drug-likeness (QED) is 0.829. The van der Waals surface area contributed by atoms with Crippen molar-refractivity contribution in [3.8, 4) is 0 Å². The van der Waals surface area contributed by atoms with Gasteiger partial charge in [-0.15, -0.1) is 0 Å². The van der Waals surface area contributed by atoms with Gasteiger partial charge in [-0.2, -0.15) is 0 Å². The molecule has 4 heterocycles. The van der Waals surface area contributed by atoms with E-state index in [4.69, 9.17) is 0 Å². The summed E-state index contributed by atoms with van der Waals surface area (Å²) >= 11 is 0. The van der Waals surface area contributed by atoms with Crippen LogP contribution in [0, 0.1) is 5.92 Å². The Hall–Kier alpha value is -2.34. The normalized spacial score (nSPS) is 25.9. The summed E-state index contributed by atoms with van der Waals surface area (Å²) in [6, 6.07) is 9.96. The highest BCUT2D eigenvalue weighted by Gasteiger charge is 2.39. The molecule has 1 aromatic carbocycles. The fraction of sp³-hybridized carbons (Fsp3) is 0.524. The van der Waals surface area contributed by atoms with Crippen molar-refractivity contribution in [2.75, 3.05) is 67.6 Å². The van der Waals surface area contributed by atoms with Gasteiger partial charge in [0, 0.05) is 75.6 Å². The molecule has 0 N–H and O–H groups in total. The second-order valence-electron chi connectivity index (χ2n) is 8.08. The standard InChI is InChI=1S/C21H28N6/c1-24-15-17-6-9-27(20(17)16-24)19-4-2-18(3-5-19)25-10-12-26(13-11-25)21-14-22-7-8-23-21/h2-5,7-8,14,17,20H,6,9-13,15-16H2,1H3. The van der Waals surface area contributed by atoms with E-state index >= 15 is 0 Å². The number of fused-ring (bicyclic) bond motifs is 1. The number of benzene rings is 1. The molecule has 0 radical (unpaired) electrons. The first kappa shape index (κ1) is 16.8. The fourth-order valence-electron chi connectivity index (χ4n) is 5.00. The van der Waals surface area contributed by atoms with Gasteiger partial charge in [0.2, 0.25) is 0 Å². The van der Waals surface area contributed by atoms with Crippen molar-refractivity contribution in [3.63, 3.8) is 0 Å². The maximum Gasteiger partial charge on any atom is 0.147 e.